The van der Waals surface area contributed by atoms with E-state index in [0.717, 1.165) is 18.4 Å². The van der Waals surface area contributed by atoms with Gasteiger partial charge in [-0.2, -0.15) is 0 Å². The molecule has 28 heavy (non-hydrogen) atoms. The Kier molecular flexibility index (Phi) is 5.93. The number of Topliss-reactive ketones (excluding diaryl/α,β-unsaturated/α-hetero) is 1. The number of benzene rings is 2. The number of rotatable bonds is 8. The van der Waals surface area contributed by atoms with Crippen molar-refractivity contribution >= 4 is 23.3 Å². The first-order valence-electron chi connectivity index (χ1n) is 9.56. The van der Waals surface area contributed by atoms with Gasteiger partial charge in [0.05, 0.1) is 5.41 Å². The summed E-state index contributed by atoms with van der Waals surface area (Å²) in [5.74, 6) is -0.387. The molecule has 1 amide bonds. The van der Waals surface area contributed by atoms with Gasteiger partial charge in [-0.3, -0.25) is 14.4 Å². The maximum absolute atomic E-state index is 12.5. The zero-order chi connectivity index (χ0) is 20.1. The number of amides is 1. The lowest BCUT2D eigenvalue weighted by atomic mass is 9.96. The van der Waals surface area contributed by atoms with Gasteiger partial charge in [-0.25, -0.2) is 0 Å². The summed E-state index contributed by atoms with van der Waals surface area (Å²) in [6.45, 7) is 3.67. The molecule has 1 N–H and O–H groups in total. The van der Waals surface area contributed by atoms with Gasteiger partial charge in [-0.15, -0.1) is 0 Å². The molecule has 3 rings (SSSR count). The molecule has 5 heteroatoms. The Hall–Kier alpha value is -2.95. The van der Waals surface area contributed by atoms with E-state index >= 15 is 0 Å². The van der Waals surface area contributed by atoms with Crippen molar-refractivity contribution in [3.63, 3.8) is 0 Å². The Morgan fingerprint density at radius 2 is 1.64 bits per heavy atom. The predicted octanol–water partition coefficient (Wildman–Crippen LogP) is 4.13. The van der Waals surface area contributed by atoms with Crippen LogP contribution in [0.5, 0.6) is 0 Å². The fourth-order valence-corrected chi connectivity index (χ4v) is 3.17. The normalized spacial score (nSPS) is 14.4. The fourth-order valence-electron chi connectivity index (χ4n) is 3.17. The van der Waals surface area contributed by atoms with Crippen molar-refractivity contribution in [2.24, 2.45) is 5.92 Å². The molecular weight excluding hydrogens is 354 g/mol. The third kappa shape index (κ3) is 4.66. The van der Waals surface area contributed by atoms with Crippen LogP contribution in [0.15, 0.2) is 54.6 Å². The number of carbonyl (C=O) groups is 3. The third-order valence-electron chi connectivity index (χ3n) is 4.89. The second kappa shape index (κ2) is 8.38. The molecule has 1 fully saturated rings. The van der Waals surface area contributed by atoms with Gasteiger partial charge >= 0.3 is 5.97 Å². The van der Waals surface area contributed by atoms with Crippen LogP contribution >= 0.6 is 0 Å². The van der Waals surface area contributed by atoms with Gasteiger partial charge in [0.15, 0.2) is 12.4 Å². The molecule has 5 nitrogen and oxygen atoms in total. The highest BCUT2D eigenvalue weighted by molar-refractivity contribution is 5.99. The van der Waals surface area contributed by atoms with E-state index in [2.05, 4.69) is 5.32 Å². The lowest BCUT2D eigenvalue weighted by Crippen LogP contribution is -2.25. The van der Waals surface area contributed by atoms with E-state index in [4.69, 9.17) is 4.74 Å². The van der Waals surface area contributed by atoms with Gasteiger partial charge in [0.2, 0.25) is 5.91 Å². The van der Waals surface area contributed by atoms with E-state index in [-0.39, 0.29) is 30.2 Å². The molecule has 146 valence electrons. The van der Waals surface area contributed by atoms with Gasteiger partial charge in [0.1, 0.15) is 0 Å². The van der Waals surface area contributed by atoms with Crippen molar-refractivity contribution in [2.75, 3.05) is 11.9 Å². The van der Waals surface area contributed by atoms with Crippen molar-refractivity contribution < 1.29 is 19.1 Å². The van der Waals surface area contributed by atoms with Crippen LogP contribution < -0.4 is 5.32 Å². The summed E-state index contributed by atoms with van der Waals surface area (Å²) in [5.41, 5.74) is 1.43. The fraction of sp³-hybridized carbons (Fsp3) is 0.348. The molecule has 1 saturated carbocycles. The summed E-state index contributed by atoms with van der Waals surface area (Å²) in [5, 5.41) is 2.80. The van der Waals surface area contributed by atoms with Crippen LogP contribution in [0.1, 0.15) is 49.0 Å². The molecule has 1 aliphatic carbocycles. The van der Waals surface area contributed by atoms with Crippen molar-refractivity contribution in [3.8, 4) is 0 Å². The topological polar surface area (TPSA) is 72.5 Å². The lowest BCUT2D eigenvalue weighted by Gasteiger charge is -2.14. The molecule has 0 unspecified atom stereocenters. The van der Waals surface area contributed by atoms with Crippen LogP contribution in [-0.2, 0) is 19.7 Å². The first-order chi connectivity index (χ1) is 13.4. The number of esters is 1. The summed E-state index contributed by atoms with van der Waals surface area (Å²) in [4.78, 5) is 36.7. The Bertz CT molecular complexity index is 852. The highest BCUT2D eigenvalue weighted by Gasteiger charge is 2.52. The number of ketones is 1. The third-order valence-corrected chi connectivity index (χ3v) is 4.89. The Balaban J connectivity index is 1.54. The number of anilines is 1. The standard InChI is InChI=1S/C23H25NO4/c1-16(2)14-21(26)24-19-10-8-17(9-11-19)20(25)15-28-22(27)23(12-13-23)18-6-4-3-5-7-18/h3-11,16H,12-15H2,1-2H3,(H,24,26). The van der Waals surface area contributed by atoms with E-state index in [1.54, 1.807) is 24.3 Å². The van der Waals surface area contributed by atoms with E-state index in [1.807, 2.05) is 44.2 Å². The van der Waals surface area contributed by atoms with Gasteiger partial charge in [0.25, 0.3) is 0 Å². The van der Waals surface area contributed by atoms with Crippen LogP contribution in [0.3, 0.4) is 0 Å². The van der Waals surface area contributed by atoms with Gasteiger partial charge in [-0.05, 0) is 48.6 Å². The number of nitrogens with one attached hydrogen (secondary N) is 1. The molecule has 0 spiro atoms. The Morgan fingerprint density at radius 3 is 2.21 bits per heavy atom. The zero-order valence-corrected chi connectivity index (χ0v) is 16.2. The van der Waals surface area contributed by atoms with Crippen molar-refractivity contribution in [3.05, 3.63) is 65.7 Å². The lowest BCUT2D eigenvalue weighted by molar-refractivity contribution is -0.145. The summed E-state index contributed by atoms with van der Waals surface area (Å²) >= 11 is 0. The Labute approximate surface area is 165 Å². The van der Waals surface area contributed by atoms with E-state index in [9.17, 15) is 14.4 Å². The highest BCUT2D eigenvalue weighted by Crippen LogP contribution is 2.49. The summed E-state index contributed by atoms with van der Waals surface area (Å²) in [6, 6.07) is 16.2. The maximum atomic E-state index is 12.5. The highest BCUT2D eigenvalue weighted by atomic mass is 16.5. The molecule has 0 aliphatic heterocycles. The molecule has 0 aromatic heterocycles. The minimum absolute atomic E-state index is 0.0568. The van der Waals surface area contributed by atoms with Crippen LogP contribution in [-0.4, -0.2) is 24.3 Å². The van der Waals surface area contributed by atoms with Crippen molar-refractivity contribution in [1.29, 1.82) is 0 Å². The molecule has 2 aromatic carbocycles. The molecular formula is C23H25NO4. The first-order valence-corrected chi connectivity index (χ1v) is 9.56. The summed E-state index contributed by atoms with van der Waals surface area (Å²) in [7, 11) is 0. The number of ether oxygens (including phenoxy) is 1. The molecule has 0 heterocycles. The van der Waals surface area contributed by atoms with Crippen LogP contribution in [0.4, 0.5) is 5.69 Å². The van der Waals surface area contributed by atoms with Crippen LogP contribution in [0.2, 0.25) is 0 Å². The van der Waals surface area contributed by atoms with Gasteiger partial charge in [0, 0.05) is 17.7 Å². The monoisotopic (exact) mass is 379 g/mol. The maximum Gasteiger partial charge on any atom is 0.317 e. The molecule has 1 aliphatic rings. The molecule has 0 bridgehead atoms. The van der Waals surface area contributed by atoms with Gasteiger partial charge in [-0.1, -0.05) is 44.2 Å². The quantitative estimate of drug-likeness (QED) is 0.553. The SMILES string of the molecule is CC(C)CC(=O)Nc1ccc(C(=O)COC(=O)C2(c3ccccc3)CC2)cc1. The average molecular weight is 379 g/mol. The second-order valence-electron chi connectivity index (χ2n) is 7.67. The summed E-state index contributed by atoms with van der Waals surface area (Å²) < 4.78 is 5.32. The van der Waals surface area contributed by atoms with Crippen molar-refractivity contribution in [2.45, 2.75) is 38.5 Å². The van der Waals surface area contributed by atoms with Crippen LogP contribution in [0.25, 0.3) is 0 Å². The van der Waals surface area contributed by atoms with E-state index in [1.165, 1.54) is 0 Å². The molecule has 0 saturated heterocycles. The largest absolute Gasteiger partial charge is 0.457 e. The first kappa shape index (κ1) is 19.8. The zero-order valence-electron chi connectivity index (χ0n) is 16.2. The van der Waals surface area contributed by atoms with E-state index in [0.29, 0.717) is 17.7 Å². The van der Waals surface area contributed by atoms with Crippen molar-refractivity contribution in [1.82, 2.24) is 0 Å². The molecule has 2 aromatic rings. The second-order valence-corrected chi connectivity index (χ2v) is 7.67. The summed E-state index contributed by atoms with van der Waals surface area (Å²) in [6.07, 6.45) is 1.93. The average Bonchev–Trinajstić information content (AvgIpc) is 3.48. The Morgan fingerprint density at radius 1 is 1.00 bits per heavy atom. The smallest absolute Gasteiger partial charge is 0.317 e. The minimum atomic E-state index is -0.591. The minimum Gasteiger partial charge on any atom is -0.457 e. The number of carbonyl (C=O) groups excluding carboxylic acids is 3. The van der Waals surface area contributed by atoms with Gasteiger partial charge < -0.3 is 10.1 Å². The number of hydrogen-bond donors (Lipinski definition) is 1. The van der Waals surface area contributed by atoms with E-state index < -0.39 is 5.41 Å². The predicted molar refractivity (Wildman–Crippen MR) is 107 cm³/mol. The molecule has 0 atom stereocenters. The number of hydrogen-bond acceptors (Lipinski definition) is 4. The molecule has 0 radical (unpaired) electrons. The van der Waals surface area contributed by atoms with Crippen LogP contribution in [0, 0.1) is 5.92 Å².